The van der Waals surface area contributed by atoms with Crippen molar-refractivity contribution in [3.05, 3.63) is 29.8 Å². The molecule has 1 aromatic rings. The minimum atomic E-state index is -3.00. The lowest BCUT2D eigenvalue weighted by Crippen LogP contribution is -2.45. The second-order valence-electron chi connectivity index (χ2n) is 8.15. The van der Waals surface area contributed by atoms with Gasteiger partial charge in [0.05, 0.1) is 11.5 Å². The van der Waals surface area contributed by atoms with Gasteiger partial charge in [0.15, 0.2) is 16.4 Å². The van der Waals surface area contributed by atoms with E-state index >= 15 is 0 Å². The predicted molar refractivity (Wildman–Crippen MR) is 97.6 cm³/mol. The molecule has 3 rings (SSSR count). The van der Waals surface area contributed by atoms with E-state index in [-0.39, 0.29) is 41.5 Å². The zero-order valence-corrected chi connectivity index (χ0v) is 16.0. The van der Waals surface area contributed by atoms with Gasteiger partial charge in [-0.1, -0.05) is 32.9 Å². The molecule has 25 heavy (non-hydrogen) atoms. The van der Waals surface area contributed by atoms with Crippen molar-refractivity contribution in [3.63, 3.8) is 0 Å². The van der Waals surface area contributed by atoms with E-state index in [0.717, 1.165) is 12.8 Å². The molecule has 1 aliphatic carbocycles. The lowest BCUT2D eigenvalue weighted by Gasteiger charge is -2.28. The number of hydrogen-bond donors (Lipinski definition) is 0. The van der Waals surface area contributed by atoms with Gasteiger partial charge in [-0.25, -0.2) is 8.42 Å². The van der Waals surface area contributed by atoms with Crippen molar-refractivity contribution in [1.82, 2.24) is 4.90 Å². The zero-order valence-electron chi connectivity index (χ0n) is 15.2. The average molecular weight is 365 g/mol. The summed E-state index contributed by atoms with van der Waals surface area (Å²) in [5, 5.41) is 0. The Morgan fingerprint density at radius 2 is 1.76 bits per heavy atom. The van der Waals surface area contributed by atoms with Crippen LogP contribution in [0.1, 0.15) is 45.6 Å². The van der Waals surface area contributed by atoms with Crippen molar-refractivity contribution in [1.29, 1.82) is 0 Å². The lowest BCUT2D eigenvalue weighted by atomic mass is 9.87. The van der Waals surface area contributed by atoms with Gasteiger partial charge in [0.1, 0.15) is 5.75 Å². The lowest BCUT2D eigenvalue weighted by molar-refractivity contribution is -0.135. The Bertz CT molecular complexity index is 730. The molecule has 1 amide bonds. The maximum absolute atomic E-state index is 12.6. The molecular weight excluding hydrogens is 338 g/mol. The van der Waals surface area contributed by atoms with E-state index in [9.17, 15) is 13.2 Å². The molecule has 1 heterocycles. The van der Waals surface area contributed by atoms with Gasteiger partial charge in [0.25, 0.3) is 5.91 Å². The molecule has 5 nitrogen and oxygen atoms in total. The largest absolute Gasteiger partial charge is 0.484 e. The summed E-state index contributed by atoms with van der Waals surface area (Å²) in [6.07, 6.45) is 2.47. The van der Waals surface area contributed by atoms with Gasteiger partial charge in [0.2, 0.25) is 0 Å². The van der Waals surface area contributed by atoms with E-state index in [0.29, 0.717) is 12.2 Å². The molecule has 0 radical (unpaired) electrons. The van der Waals surface area contributed by atoms with Crippen LogP contribution in [0.5, 0.6) is 5.75 Å². The van der Waals surface area contributed by atoms with Crippen molar-refractivity contribution < 1.29 is 17.9 Å². The van der Waals surface area contributed by atoms with Gasteiger partial charge < -0.3 is 9.64 Å². The quantitative estimate of drug-likeness (QED) is 0.804. The van der Waals surface area contributed by atoms with E-state index in [4.69, 9.17) is 4.74 Å². The Balaban J connectivity index is 1.61. The summed E-state index contributed by atoms with van der Waals surface area (Å²) in [6, 6.07) is 7.81. The molecule has 0 spiro atoms. The second kappa shape index (κ2) is 6.63. The normalized spacial score (nSPS) is 22.6. The summed E-state index contributed by atoms with van der Waals surface area (Å²) in [5.41, 5.74) is 1.28. The first kappa shape index (κ1) is 18.2. The monoisotopic (exact) mass is 365 g/mol. The molecule has 1 saturated carbocycles. The number of benzene rings is 1. The molecule has 0 N–H and O–H groups in total. The molecule has 2 aliphatic rings. The van der Waals surface area contributed by atoms with Crippen LogP contribution in [0.15, 0.2) is 24.3 Å². The van der Waals surface area contributed by atoms with Crippen molar-refractivity contribution in [2.24, 2.45) is 0 Å². The molecule has 138 valence electrons. The molecule has 1 aromatic carbocycles. The molecule has 2 fully saturated rings. The Kier molecular flexibility index (Phi) is 4.84. The fourth-order valence-electron chi connectivity index (χ4n) is 3.32. The van der Waals surface area contributed by atoms with Gasteiger partial charge >= 0.3 is 0 Å². The van der Waals surface area contributed by atoms with Crippen LogP contribution in [-0.4, -0.2) is 49.4 Å². The maximum atomic E-state index is 12.6. The van der Waals surface area contributed by atoms with Crippen LogP contribution in [0.25, 0.3) is 0 Å². The van der Waals surface area contributed by atoms with Crippen LogP contribution in [0.2, 0.25) is 0 Å². The number of ether oxygens (including phenoxy) is 1. The minimum Gasteiger partial charge on any atom is -0.484 e. The van der Waals surface area contributed by atoms with Crippen LogP contribution >= 0.6 is 0 Å². The van der Waals surface area contributed by atoms with Gasteiger partial charge in [-0.2, -0.15) is 0 Å². The smallest absolute Gasteiger partial charge is 0.261 e. The van der Waals surface area contributed by atoms with Crippen molar-refractivity contribution in [2.45, 2.75) is 57.5 Å². The third kappa shape index (κ3) is 4.54. The minimum absolute atomic E-state index is 0.0398. The van der Waals surface area contributed by atoms with Crippen molar-refractivity contribution in [2.75, 3.05) is 18.1 Å². The molecule has 1 atom stereocenters. The fourth-order valence-corrected chi connectivity index (χ4v) is 5.04. The Labute approximate surface area is 150 Å². The standard InChI is InChI=1S/C19H27NO4S/c1-19(2,3)14-4-8-17(9-5-14)24-12-18(21)20(15-6-7-15)16-10-11-25(22,23)13-16/h4-5,8-9,15-16H,6-7,10-13H2,1-3H3/t16-/m0/s1. The highest BCUT2D eigenvalue weighted by molar-refractivity contribution is 7.91. The highest BCUT2D eigenvalue weighted by Crippen LogP contribution is 2.32. The Morgan fingerprint density at radius 1 is 1.12 bits per heavy atom. The number of nitrogens with zero attached hydrogens (tertiary/aromatic N) is 1. The molecular formula is C19H27NO4S. The molecule has 6 heteroatoms. The number of carbonyl (C=O) groups excluding carboxylic acids is 1. The second-order valence-corrected chi connectivity index (χ2v) is 10.4. The van der Waals surface area contributed by atoms with Crippen LogP contribution in [0.4, 0.5) is 0 Å². The molecule has 0 aromatic heterocycles. The predicted octanol–water partition coefficient (Wildman–Crippen LogP) is 2.54. The Hall–Kier alpha value is -1.56. The third-order valence-electron chi connectivity index (χ3n) is 4.91. The van der Waals surface area contributed by atoms with Crippen LogP contribution in [0, 0.1) is 0 Å². The first-order valence-electron chi connectivity index (χ1n) is 8.91. The third-order valence-corrected chi connectivity index (χ3v) is 6.66. The van der Waals surface area contributed by atoms with Crippen molar-refractivity contribution in [3.8, 4) is 5.75 Å². The van der Waals surface area contributed by atoms with E-state index < -0.39 is 9.84 Å². The summed E-state index contributed by atoms with van der Waals surface area (Å²) in [7, 11) is -3.00. The summed E-state index contributed by atoms with van der Waals surface area (Å²) < 4.78 is 29.1. The SMILES string of the molecule is CC(C)(C)c1ccc(OCC(=O)N(C2CC2)[C@H]2CCS(=O)(=O)C2)cc1. The number of hydrogen-bond acceptors (Lipinski definition) is 4. The summed E-state index contributed by atoms with van der Waals surface area (Å²) in [6.45, 7) is 6.41. The topological polar surface area (TPSA) is 63.7 Å². The van der Waals surface area contributed by atoms with Gasteiger partial charge in [-0.15, -0.1) is 0 Å². The van der Waals surface area contributed by atoms with Crippen LogP contribution in [0.3, 0.4) is 0 Å². The van der Waals surface area contributed by atoms with E-state index in [1.807, 2.05) is 24.3 Å². The number of carbonyl (C=O) groups is 1. The van der Waals surface area contributed by atoms with Gasteiger partial charge in [-0.05, 0) is 42.4 Å². The van der Waals surface area contributed by atoms with E-state index in [1.165, 1.54) is 5.56 Å². The number of amides is 1. The van der Waals surface area contributed by atoms with E-state index in [1.54, 1.807) is 4.90 Å². The average Bonchev–Trinajstić information content (AvgIpc) is 3.28. The van der Waals surface area contributed by atoms with Gasteiger partial charge in [-0.3, -0.25) is 4.79 Å². The summed E-state index contributed by atoms with van der Waals surface area (Å²) in [4.78, 5) is 14.4. The summed E-state index contributed by atoms with van der Waals surface area (Å²) in [5.74, 6) is 0.833. The van der Waals surface area contributed by atoms with Crippen molar-refractivity contribution >= 4 is 15.7 Å². The Morgan fingerprint density at radius 3 is 2.24 bits per heavy atom. The molecule has 0 bridgehead atoms. The zero-order chi connectivity index (χ0) is 18.2. The molecule has 0 unspecified atom stereocenters. The molecule has 1 saturated heterocycles. The van der Waals surface area contributed by atoms with Crippen LogP contribution < -0.4 is 4.74 Å². The maximum Gasteiger partial charge on any atom is 0.261 e. The highest BCUT2D eigenvalue weighted by atomic mass is 32.2. The first-order chi connectivity index (χ1) is 11.7. The number of rotatable bonds is 5. The van der Waals surface area contributed by atoms with E-state index in [2.05, 4.69) is 20.8 Å². The number of sulfone groups is 1. The van der Waals surface area contributed by atoms with Gasteiger partial charge in [0, 0.05) is 12.1 Å². The van der Waals surface area contributed by atoms with Crippen LogP contribution in [-0.2, 0) is 20.0 Å². The first-order valence-corrected chi connectivity index (χ1v) is 10.7. The fraction of sp³-hybridized carbons (Fsp3) is 0.632. The molecule has 1 aliphatic heterocycles. The highest BCUT2D eigenvalue weighted by Gasteiger charge is 2.42. The summed E-state index contributed by atoms with van der Waals surface area (Å²) >= 11 is 0.